The second-order valence-corrected chi connectivity index (χ2v) is 31.4. The Kier molecular flexibility index (Phi) is 39.9. The first-order valence-corrected chi connectivity index (χ1v) is 39.4. The quantitative estimate of drug-likeness (QED) is 0.0251. The molecule has 0 bridgehead atoms. The zero-order chi connectivity index (χ0) is 88.5. The molecule has 37 nitrogen and oxygen atoms in total. The number of aliphatic hydroxyl groups excluding tert-OH is 1. The smallest absolute Gasteiger partial charge is 0.303 e. The third kappa shape index (κ3) is 34.0. The number of carbonyl (C=O) groups is 17. The summed E-state index contributed by atoms with van der Waals surface area (Å²) < 4.78 is 0. The van der Waals surface area contributed by atoms with Gasteiger partial charge >= 0.3 is 5.97 Å². The van der Waals surface area contributed by atoms with Gasteiger partial charge < -0.3 is 106 Å². The fourth-order valence-electron chi connectivity index (χ4n) is 12.4. The summed E-state index contributed by atoms with van der Waals surface area (Å²) in [5.74, 6) is -17.0. The number of H-pyrrole nitrogens is 1. The molecule has 0 fully saturated rings. The topological polar surface area (TPSA) is 587 Å². The lowest BCUT2D eigenvalue weighted by molar-refractivity contribution is -0.139. The Morgan fingerprint density at radius 3 is 1.12 bits per heavy atom. The van der Waals surface area contributed by atoms with Crippen molar-refractivity contribution in [2.24, 2.45) is 35.1 Å². The second-order valence-electron chi connectivity index (χ2n) is 31.4. The largest absolute Gasteiger partial charge is 0.508 e. The number of rotatable bonds is 49. The van der Waals surface area contributed by atoms with Gasteiger partial charge in [-0.1, -0.05) is 116 Å². The van der Waals surface area contributed by atoms with E-state index in [1.165, 1.54) is 65.8 Å². The molecule has 0 aliphatic carbocycles. The number of amides is 16. The average molecular weight is 1650 g/mol. The first-order chi connectivity index (χ1) is 55.3. The molecular weight excluding hydrogens is 1530 g/mol. The number of primary amides is 2. The van der Waals surface area contributed by atoms with Crippen LogP contribution in [0.2, 0.25) is 0 Å². The van der Waals surface area contributed by atoms with E-state index in [-0.39, 0.29) is 74.4 Å². The molecule has 4 rings (SSSR count). The van der Waals surface area contributed by atoms with Gasteiger partial charge in [0.25, 0.3) is 0 Å². The molecule has 0 saturated heterocycles. The van der Waals surface area contributed by atoms with Crippen LogP contribution in [0.4, 0.5) is 0 Å². The van der Waals surface area contributed by atoms with E-state index in [4.69, 9.17) is 11.5 Å². The van der Waals surface area contributed by atoms with Crippen molar-refractivity contribution in [2.45, 2.75) is 258 Å². The van der Waals surface area contributed by atoms with Gasteiger partial charge in [-0.25, -0.2) is 0 Å². The Morgan fingerprint density at radius 1 is 0.356 bits per heavy atom. The van der Waals surface area contributed by atoms with Gasteiger partial charge in [0, 0.05) is 56.1 Å². The molecule has 0 radical (unpaired) electrons. The van der Waals surface area contributed by atoms with Crippen LogP contribution < -0.4 is 85.9 Å². The van der Waals surface area contributed by atoms with Crippen LogP contribution in [0.25, 0.3) is 10.9 Å². The summed E-state index contributed by atoms with van der Waals surface area (Å²) in [5.41, 5.74) is 12.7. The second kappa shape index (κ2) is 47.8. The van der Waals surface area contributed by atoms with Crippen LogP contribution in [0.15, 0.2) is 85.1 Å². The molecule has 1 heterocycles. The molecule has 16 amide bonds. The number of aromatic amines is 1. The van der Waals surface area contributed by atoms with Gasteiger partial charge in [-0.15, -0.1) is 0 Å². The number of carbonyl (C=O) groups excluding carboxylic acids is 16. The lowest BCUT2D eigenvalue weighted by Crippen LogP contribution is -2.62. The minimum Gasteiger partial charge on any atom is -0.508 e. The Morgan fingerprint density at radius 2 is 0.686 bits per heavy atom. The number of aromatic nitrogens is 1. The number of aliphatic hydroxyl groups is 1. The van der Waals surface area contributed by atoms with Crippen LogP contribution in [0.1, 0.15) is 165 Å². The summed E-state index contributed by atoms with van der Waals surface area (Å²) in [6, 6.07) is 0.394. The highest BCUT2D eigenvalue weighted by Crippen LogP contribution is 2.21. The SMILES string of the molecule is CC(=O)N[C@@H](CC(C)C)C(=O)N[C@H](C(=O)N[C@@H](Cc1ccccc1)C(=O)N[C@@H](CC(C)C)C(=O)N[C@@H](CCC(=O)O)C(=O)N[C@@H](Cc1ccc(O)cc1)C(=O)N[C@@H](Cc1c[nH]c2ccccc12)C(=O)N[C@@H](C)C(=O)N[C@@H](CCC(N)=O)C(=O)N[C@@H](CC(C)C)C(=O)N[C@@H](CC(C)C)C(=O)N[C@@H](C)C(=O)N[C@@H](C)C(=O)N[C@@H](C)C(N)=O)[C@@H](C)O. The number of phenols is 1. The highest BCUT2D eigenvalue weighted by molar-refractivity contribution is 6.01. The van der Waals surface area contributed by atoms with Crippen LogP contribution in [-0.4, -0.2) is 211 Å². The van der Waals surface area contributed by atoms with Gasteiger partial charge in [0.05, 0.1) is 6.10 Å². The summed E-state index contributed by atoms with van der Waals surface area (Å²) in [5, 5.41) is 67.5. The number of carboxylic acid groups (broad SMARTS) is 1. The van der Waals surface area contributed by atoms with Gasteiger partial charge in [0.15, 0.2) is 0 Å². The molecule has 0 saturated carbocycles. The van der Waals surface area contributed by atoms with Crippen LogP contribution in [0.3, 0.4) is 0 Å². The van der Waals surface area contributed by atoms with Gasteiger partial charge in [-0.05, 0) is 132 Å². The number of para-hydroxylation sites is 1. The first-order valence-electron chi connectivity index (χ1n) is 39.4. The summed E-state index contributed by atoms with van der Waals surface area (Å²) in [6.07, 6.45) is -3.11. The van der Waals surface area contributed by atoms with Crippen molar-refractivity contribution in [1.29, 1.82) is 0 Å². The summed E-state index contributed by atoms with van der Waals surface area (Å²) in [4.78, 5) is 236. The van der Waals surface area contributed by atoms with Crippen molar-refractivity contribution in [3.05, 3.63) is 102 Å². The van der Waals surface area contributed by atoms with E-state index < -0.39 is 217 Å². The van der Waals surface area contributed by atoms with Crippen LogP contribution in [0, 0.1) is 23.7 Å². The standard InChI is InChI=1S/C81H119N17O20/c1-40(2)32-58(89-49(14)100)80(117)98-67(48(13)99)81(118)97-63(36-50-20-16-15-17-21-50)79(116)94-60(34-42(5)6)76(113)91-57(29-31-66(103)104)73(110)95-62(37-51-24-26-53(101)27-25-51)78(115)96-64(38-52-39-84-55-23-19-18-22-54(52)55)75(112)88-47(12)71(108)90-56(28-30-65(82)102)72(109)92-61(35-43(7)8)77(114)93-59(33-41(3)4)74(111)87-46(11)70(107)86-45(10)69(106)85-44(9)68(83)105/h15-27,39-48,56-64,67,84,99,101H,28-38H2,1-14H3,(H2,82,102)(H2,83,105)(H,85,106)(H,86,107)(H,87,111)(H,88,112)(H,89,100)(H,90,108)(H,91,113)(H,92,109)(H,93,114)(H,94,116)(H,95,110)(H,96,115)(H,97,118)(H,98,117)(H,103,104)/t44-,45-,46-,47-,48+,56-,57-,58-,59-,60-,61-,62-,63-,64-,67-/m0/s1. The maximum atomic E-state index is 15.2. The molecule has 22 N–H and O–H groups in total. The van der Waals surface area contributed by atoms with Crippen LogP contribution >= 0.6 is 0 Å². The molecule has 648 valence electrons. The predicted molar refractivity (Wildman–Crippen MR) is 433 cm³/mol. The number of benzene rings is 3. The molecule has 0 unspecified atom stereocenters. The Hall–Kier alpha value is -12.0. The molecular formula is C81H119N17O20. The third-order valence-corrected chi connectivity index (χ3v) is 18.8. The maximum absolute atomic E-state index is 15.2. The fraction of sp³-hybridized carbons (Fsp3) is 0.543. The van der Waals surface area contributed by atoms with Crippen molar-refractivity contribution in [3.63, 3.8) is 0 Å². The molecule has 0 spiro atoms. The number of aromatic hydroxyl groups is 1. The molecule has 3 aromatic carbocycles. The molecule has 4 aromatic rings. The zero-order valence-electron chi connectivity index (χ0n) is 69.3. The van der Waals surface area contributed by atoms with Crippen molar-refractivity contribution in [2.75, 3.05) is 0 Å². The van der Waals surface area contributed by atoms with Gasteiger partial charge in [-0.2, -0.15) is 0 Å². The molecule has 1 aromatic heterocycles. The van der Waals surface area contributed by atoms with E-state index in [1.54, 1.807) is 102 Å². The lowest BCUT2D eigenvalue weighted by Gasteiger charge is -2.29. The molecule has 0 aliphatic rings. The van der Waals surface area contributed by atoms with E-state index in [9.17, 15) is 92.0 Å². The molecule has 0 aliphatic heterocycles. The monoisotopic (exact) mass is 1650 g/mol. The van der Waals surface area contributed by atoms with Gasteiger partial charge in [0.1, 0.15) is 90.3 Å². The fourth-order valence-corrected chi connectivity index (χ4v) is 12.4. The van der Waals surface area contributed by atoms with Gasteiger partial charge in [-0.3, -0.25) is 81.5 Å². The number of carboxylic acids is 1. The molecule has 37 heteroatoms. The Labute approximate surface area is 685 Å². The van der Waals surface area contributed by atoms with E-state index in [0.717, 1.165) is 0 Å². The predicted octanol–water partition coefficient (Wildman–Crippen LogP) is -1.03. The van der Waals surface area contributed by atoms with E-state index >= 15 is 4.79 Å². The minimum absolute atomic E-state index is 0.0293. The summed E-state index contributed by atoms with van der Waals surface area (Å²) >= 11 is 0. The Bertz CT molecular complexity index is 4150. The van der Waals surface area contributed by atoms with Crippen LogP contribution in [-0.2, 0) is 101 Å². The number of aliphatic carboxylic acids is 1. The Balaban J connectivity index is 1.67. The number of phenolic OH excluding ortho intramolecular Hbond substituents is 1. The highest BCUT2D eigenvalue weighted by atomic mass is 16.4. The van der Waals surface area contributed by atoms with Gasteiger partial charge in [0.2, 0.25) is 94.5 Å². The summed E-state index contributed by atoms with van der Waals surface area (Å²) in [6.45, 7) is 21.7. The van der Waals surface area contributed by atoms with Crippen molar-refractivity contribution < 1.29 is 96.8 Å². The zero-order valence-corrected chi connectivity index (χ0v) is 69.3. The van der Waals surface area contributed by atoms with Crippen molar-refractivity contribution in [1.82, 2.24) is 79.4 Å². The number of nitrogens with two attached hydrogens (primary N) is 2. The highest BCUT2D eigenvalue weighted by Gasteiger charge is 2.39. The number of nitrogens with one attached hydrogen (secondary N) is 15. The minimum atomic E-state index is -1.78. The lowest BCUT2D eigenvalue weighted by atomic mass is 9.99. The third-order valence-electron chi connectivity index (χ3n) is 18.8. The molecule has 15 atom stereocenters. The van der Waals surface area contributed by atoms with E-state index in [1.807, 2.05) is 13.8 Å². The number of hydrogen-bond acceptors (Lipinski definition) is 19. The normalized spacial score (nSPS) is 15.1. The van der Waals surface area contributed by atoms with Crippen LogP contribution in [0.5, 0.6) is 5.75 Å². The number of fused-ring (bicyclic) bond motifs is 1. The summed E-state index contributed by atoms with van der Waals surface area (Å²) in [7, 11) is 0. The van der Waals surface area contributed by atoms with Crippen molar-refractivity contribution >= 4 is 111 Å². The average Bonchev–Trinajstić information content (AvgIpc) is 1.67. The number of hydrogen-bond donors (Lipinski definition) is 20. The van der Waals surface area contributed by atoms with E-state index in [0.29, 0.717) is 27.6 Å². The van der Waals surface area contributed by atoms with Crippen molar-refractivity contribution in [3.8, 4) is 5.75 Å². The molecule has 118 heavy (non-hydrogen) atoms. The first kappa shape index (κ1) is 98.3. The maximum Gasteiger partial charge on any atom is 0.303 e. The van der Waals surface area contributed by atoms with E-state index in [2.05, 4.69) is 79.4 Å².